The minimum absolute atomic E-state index is 0.0292. The summed E-state index contributed by atoms with van der Waals surface area (Å²) >= 11 is 6.26. The molecule has 3 rings (SSSR count). The van der Waals surface area contributed by atoms with E-state index >= 15 is 0 Å². The molecule has 0 spiro atoms. The molecule has 1 heterocycles. The molecule has 0 aliphatic carbocycles. The summed E-state index contributed by atoms with van der Waals surface area (Å²) in [7, 11) is 1.62. The van der Waals surface area contributed by atoms with Crippen molar-refractivity contribution in [1.29, 1.82) is 0 Å². The third kappa shape index (κ3) is 6.03. The molecule has 8 heteroatoms. The van der Waals surface area contributed by atoms with E-state index in [1.54, 1.807) is 11.8 Å². The van der Waals surface area contributed by atoms with Gasteiger partial charge in [0.25, 0.3) is 0 Å². The van der Waals surface area contributed by atoms with Gasteiger partial charge in [-0.3, -0.25) is 0 Å². The molecule has 0 saturated heterocycles. The van der Waals surface area contributed by atoms with Crippen LogP contribution in [-0.4, -0.2) is 39.9 Å². The number of urea groups is 1. The number of carbonyl (C=O) groups excluding carboxylic acids is 1. The second-order valence-electron chi connectivity index (χ2n) is 8.53. The number of carbonyl (C=O) groups is 1. The molecule has 182 valence electrons. The van der Waals surface area contributed by atoms with E-state index in [2.05, 4.69) is 12.2 Å². The summed E-state index contributed by atoms with van der Waals surface area (Å²) in [6.45, 7) is 10.3. The van der Waals surface area contributed by atoms with Gasteiger partial charge in [-0.25, -0.2) is 9.48 Å². The van der Waals surface area contributed by atoms with Crippen molar-refractivity contribution in [3.05, 3.63) is 64.8 Å². The molecule has 0 aliphatic rings. The lowest BCUT2D eigenvalue weighted by Crippen LogP contribution is -2.46. The lowest BCUT2D eigenvalue weighted by molar-refractivity contribution is 0.170. The Kier molecular flexibility index (Phi) is 8.45. The van der Waals surface area contributed by atoms with Crippen molar-refractivity contribution in [2.45, 2.75) is 59.7 Å². The molecule has 0 aliphatic heterocycles. The number of nitrogens with zero attached hydrogens (tertiary/aromatic N) is 3. The number of hydrogen-bond acceptors (Lipinski definition) is 4. The zero-order valence-corrected chi connectivity index (χ0v) is 21.4. The number of benzene rings is 2. The maximum Gasteiger partial charge on any atom is 0.318 e. The predicted molar refractivity (Wildman–Crippen MR) is 135 cm³/mol. The fraction of sp³-hybridized carbons (Fsp3) is 0.385. The van der Waals surface area contributed by atoms with Gasteiger partial charge >= 0.3 is 6.03 Å². The van der Waals surface area contributed by atoms with Gasteiger partial charge < -0.3 is 19.7 Å². The number of amides is 2. The molecule has 0 unspecified atom stereocenters. The van der Waals surface area contributed by atoms with Crippen molar-refractivity contribution in [3.63, 3.8) is 0 Å². The molecule has 3 aromatic rings. The third-order valence-corrected chi connectivity index (χ3v) is 5.82. The van der Waals surface area contributed by atoms with Gasteiger partial charge in [0.2, 0.25) is 5.88 Å². The number of aromatic nitrogens is 2. The quantitative estimate of drug-likeness (QED) is 0.384. The van der Waals surface area contributed by atoms with Crippen LogP contribution in [0.1, 0.15) is 45.4 Å². The second-order valence-corrected chi connectivity index (χ2v) is 8.96. The average Bonchev–Trinajstić information content (AvgIpc) is 3.11. The van der Waals surface area contributed by atoms with Crippen LogP contribution in [0.3, 0.4) is 0 Å². The Hall–Kier alpha value is -3.19. The number of aryl methyl sites for hydroxylation is 1. The Morgan fingerprint density at radius 1 is 1.15 bits per heavy atom. The van der Waals surface area contributed by atoms with Crippen LogP contribution in [0.15, 0.2) is 48.5 Å². The number of rotatable bonds is 9. The molecule has 0 saturated carbocycles. The van der Waals surface area contributed by atoms with Crippen LogP contribution in [0.25, 0.3) is 5.69 Å². The van der Waals surface area contributed by atoms with E-state index in [-0.39, 0.29) is 18.1 Å². The fourth-order valence-electron chi connectivity index (χ4n) is 3.51. The molecule has 0 fully saturated rings. The van der Waals surface area contributed by atoms with E-state index in [0.717, 1.165) is 29.1 Å². The van der Waals surface area contributed by atoms with Gasteiger partial charge in [-0.15, -0.1) is 0 Å². The van der Waals surface area contributed by atoms with Gasteiger partial charge in [0.1, 0.15) is 11.5 Å². The Labute approximate surface area is 206 Å². The SMILES string of the molecule is CC[C@@H](C)N(Cc1c(C)nn(-c2cccc(Cl)c2)c1Oc1ccc(OC)cc1)C(=O)NC(C)C. The molecular formula is C26H33ClN4O3. The van der Waals surface area contributed by atoms with Crippen molar-refractivity contribution in [1.82, 2.24) is 20.0 Å². The summed E-state index contributed by atoms with van der Waals surface area (Å²) in [5.41, 5.74) is 2.37. The van der Waals surface area contributed by atoms with E-state index in [4.69, 9.17) is 26.2 Å². The Morgan fingerprint density at radius 3 is 2.41 bits per heavy atom. The van der Waals surface area contributed by atoms with E-state index in [9.17, 15) is 4.79 Å². The van der Waals surface area contributed by atoms with Crippen LogP contribution in [-0.2, 0) is 6.54 Å². The first kappa shape index (κ1) is 25.4. The summed E-state index contributed by atoms with van der Waals surface area (Å²) in [5, 5.41) is 8.37. The lowest BCUT2D eigenvalue weighted by atomic mass is 10.1. The Morgan fingerprint density at radius 2 is 1.82 bits per heavy atom. The van der Waals surface area contributed by atoms with E-state index < -0.39 is 0 Å². The first-order valence-electron chi connectivity index (χ1n) is 11.5. The third-order valence-electron chi connectivity index (χ3n) is 5.59. The van der Waals surface area contributed by atoms with Gasteiger partial charge in [-0.1, -0.05) is 24.6 Å². The number of nitrogens with one attached hydrogen (secondary N) is 1. The van der Waals surface area contributed by atoms with Gasteiger partial charge in [-0.2, -0.15) is 5.10 Å². The first-order valence-corrected chi connectivity index (χ1v) is 11.8. The molecule has 1 aromatic heterocycles. The van der Waals surface area contributed by atoms with Crippen molar-refractivity contribution >= 4 is 17.6 Å². The van der Waals surface area contributed by atoms with E-state index in [1.165, 1.54) is 0 Å². The smallest absolute Gasteiger partial charge is 0.318 e. The Bertz CT molecular complexity index is 1110. The van der Waals surface area contributed by atoms with Crippen LogP contribution in [0, 0.1) is 6.92 Å². The zero-order chi connectivity index (χ0) is 24.8. The fourth-order valence-corrected chi connectivity index (χ4v) is 3.70. The summed E-state index contributed by atoms with van der Waals surface area (Å²) in [5.74, 6) is 1.91. The highest BCUT2D eigenvalue weighted by atomic mass is 35.5. The highest BCUT2D eigenvalue weighted by Gasteiger charge is 2.26. The largest absolute Gasteiger partial charge is 0.497 e. The summed E-state index contributed by atoms with van der Waals surface area (Å²) in [6.07, 6.45) is 0.821. The molecule has 7 nitrogen and oxygen atoms in total. The summed E-state index contributed by atoms with van der Waals surface area (Å²) in [6, 6.07) is 14.7. The zero-order valence-electron chi connectivity index (χ0n) is 20.6. The standard InChI is InChI=1S/C26H33ClN4O3/c1-7-18(4)30(26(32)28-17(2)3)16-24-19(5)29-31(21-10-8-9-20(27)15-21)25(24)34-23-13-11-22(33-6)12-14-23/h8-15,17-18H,7,16H2,1-6H3,(H,28,32)/t18-/m1/s1. The number of hydrogen-bond donors (Lipinski definition) is 1. The summed E-state index contributed by atoms with van der Waals surface area (Å²) in [4.78, 5) is 14.9. The van der Waals surface area contributed by atoms with Crippen LogP contribution in [0.2, 0.25) is 5.02 Å². The molecule has 1 N–H and O–H groups in total. The van der Waals surface area contributed by atoms with E-state index in [1.807, 2.05) is 81.1 Å². The van der Waals surface area contributed by atoms with Gasteiger partial charge in [-0.05, 0) is 76.6 Å². The molecular weight excluding hydrogens is 452 g/mol. The monoisotopic (exact) mass is 484 g/mol. The molecule has 34 heavy (non-hydrogen) atoms. The molecule has 2 amide bonds. The predicted octanol–water partition coefficient (Wildman–Crippen LogP) is 6.35. The first-order chi connectivity index (χ1) is 16.2. The van der Waals surface area contributed by atoms with Crippen molar-refractivity contribution in [2.24, 2.45) is 0 Å². The number of methoxy groups -OCH3 is 1. The maximum atomic E-state index is 13.0. The molecule has 2 aromatic carbocycles. The summed E-state index contributed by atoms with van der Waals surface area (Å²) < 4.78 is 13.4. The molecule has 0 bridgehead atoms. The molecule has 1 atom stereocenters. The maximum absolute atomic E-state index is 13.0. The highest BCUT2D eigenvalue weighted by molar-refractivity contribution is 6.30. The number of halogens is 1. The van der Waals surface area contributed by atoms with Gasteiger partial charge in [0.05, 0.1) is 30.6 Å². The Balaban J connectivity index is 2.08. The lowest BCUT2D eigenvalue weighted by Gasteiger charge is -2.30. The van der Waals surface area contributed by atoms with Crippen LogP contribution in [0.4, 0.5) is 4.79 Å². The van der Waals surface area contributed by atoms with E-state index in [0.29, 0.717) is 23.2 Å². The van der Waals surface area contributed by atoms with Crippen molar-refractivity contribution in [3.8, 4) is 23.1 Å². The highest BCUT2D eigenvalue weighted by Crippen LogP contribution is 2.33. The van der Waals surface area contributed by atoms with Crippen LogP contribution < -0.4 is 14.8 Å². The average molecular weight is 485 g/mol. The minimum Gasteiger partial charge on any atom is -0.497 e. The second kappa shape index (κ2) is 11.3. The molecule has 0 radical (unpaired) electrons. The van der Waals surface area contributed by atoms with Crippen LogP contribution >= 0.6 is 11.6 Å². The van der Waals surface area contributed by atoms with Crippen molar-refractivity contribution in [2.75, 3.05) is 7.11 Å². The van der Waals surface area contributed by atoms with Gasteiger partial charge in [0, 0.05) is 17.1 Å². The van der Waals surface area contributed by atoms with Gasteiger partial charge in [0.15, 0.2) is 0 Å². The normalized spacial score (nSPS) is 11.9. The number of ether oxygens (including phenoxy) is 2. The van der Waals surface area contributed by atoms with Crippen LogP contribution in [0.5, 0.6) is 17.4 Å². The topological polar surface area (TPSA) is 68.6 Å². The minimum atomic E-state index is -0.116. The van der Waals surface area contributed by atoms with Crippen molar-refractivity contribution < 1.29 is 14.3 Å².